The van der Waals surface area contributed by atoms with Crippen LogP contribution in [-0.4, -0.2) is 16.1 Å². The van der Waals surface area contributed by atoms with Crippen LogP contribution in [0.2, 0.25) is 0 Å². The van der Waals surface area contributed by atoms with Crippen molar-refractivity contribution in [1.29, 1.82) is 0 Å². The van der Waals surface area contributed by atoms with Crippen molar-refractivity contribution in [2.24, 2.45) is 0 Å². The van der Waals surface area contributed by atoms with E-state index in [1.807, 2.05) is 18.2 Å². The molecule has 1 aromatic heterocycles. The van der Waals surface area contributed by atoms with Crippen molar-refractivity contribution in [2.45, 2.75) is 51.9 Å². The first kappa shape index (κ1) is 16.6. The average Bonchev–Trinajstić information content (AvgIpc) is 2.99. The molecule has 2 rings (SSSR count). The highest BCUT2D eigenvalue weighted by Gasteiger charge is 2.09. The van der Waals surface area contributed by atoms with Gasteiger partial charge >= 0.3 is 0 Å². The first-order valence-corrected chi connectivity index (χ1v) is 8.80. The van der Waals surface area contributed by atoms with Gasteiger partial charge in [-0.1, -0.05) is 68.6 Å². The van der Waals surface area contributed by atoms with E-state index in [0.717, 1.165) is 17.8 Å². The molecule has 118 valence electrons. The molecular weight excluding hydrogens is 294 g/mol. The minimum Gasteiger partial charge on any atom is -0.296 e. The molecule has 0 bridgehead atoms. The van der Waals surface area contributed by atoms with Gasteiger partial charge < -0.3 is 0 Å². The summed E-state index contributed by atoms with van der Waals surface area (Å²) in [5, 5.41) is 12.6. The summed E-state index contributed by atoms with van der Waals surface area (Å²) < 4.78 is 0. The second-order valence-corrected chi connectivity index (χ2v) is 6.40. The van der Waals surface area contributed by atoms with Gasteiger partial charge in [-0.25, -0.2) is 0 Å². The van der Waals surface area contributed by atoms with Crippen molar-refractivity contribution < 1.29 is 4.79 Å². The van der Waals surface area contributed by atoms with Gasteiger partial charge in [0.15, 0.2) is 0 Å². The molecule has 5 heteroatoms. The molecule has 0 unspecified atom stereocenters. The Hall–Kier alpha value is -1.75. The van der Waals surface area contributed by atoms with Gasteiger partial charge in [0.2, 0.25) is 5.13 Å². The van der Waals surface area contributed by atoms with Gasteiger partial charge in [0.05, 0.1) is 0 Å². The smallest absolute Gasteiger partial charge is 0.257 e. The van der Waals surface area contributed by atoms with E-state index in [9.17, 15) is 4.79 Å². The van der Waals surface area contributed by atoms with Crippen LogP contribution in [0.4, 0.5) is 5.13 Å². The Bertz CT molecular complexity index is 568. The molecular formula is C17H23N3OS. The zero-order valence-electron chi connectivity index (χ0n) is 13.0. The van der Waals surface area contributed by atoms with Crippen LogP contribution >= 0.6 is 11.3 Å². The number of unbranched alkanes of at least 4 members (excludes halogenated alkanes) is 5. The second-order valence-electron chi connectivity index (χ2n) is 5.34. The van der Waals surface area contributed by atoms with Gasteiger partial charge in [-0.3, -0.25) is 10.1 Å². The van der Waals surface area contributed by atoms with Crippen molar-refractivity contribution in [3.8, 4) is 0 Å². The second kappa shape index (κ2) is 9.30. The Morgan fingerprint density at radius 1 is 1.05 bits per heavy atom. The lowest BCUT2D eigenvalue weighted by molar-refractivity contribution is 0.102. The highest BCUT2D eigenvalue weighted by atomic mass is 32.1. The molecule has 0 saturated heterocycles. The molecule has 0 spiro atoms. The molecule has 0 saturated carbocycles. The fraction of sp³-hybridized carbons (Fsp3) is 0.471. The number of aromatic nitrogens is 2. The lowest BCUT2D eigenvalue weighted by Crippen LogP contribution is -2.11. The number of carbonyl (C=O) groups excluding carboxylic acids is 1. The van der Waals surface area contributed by atoms with Crippen LogP contribution in [0.15, 0.2) is 30.3 Å². The number of nitrogens with zero attached hydrogens (tertiary/aromatic N) is 2. The van der Waals surface area contributed by atoms with Gasteiger partial charge in [0.25, 0.3) is 5.91 Å². The summed E-state index contributed by atoms with van der Waals surface area (Å²) in [5.74, 6) is -0.136. The lowest BCUT2D eigenvalue weighted by atomic mass is 10.1. The predicted molar refractivity (Wildman–Crippen MR) is 91.4 cm³/mol. The third-order valence-corrected chi connectivity index (χ3v) is 4.37. The van der Waals surface area contributed by atoms with E-state index in [1.165, 1.54) is 43.4 Å². The Morgan fingerprint density at radius 2 is 1.77 bits per heavy atom. The summed E-state index contributed by atoms with van der Waals surface area (Å²) in [4.78, 5) is 12.0. The Morgan fingerprint density at radius 3 is 2.55 bits per heavy atom. The Labute approximate surface area is 136 Å². The summed E-state index contributed by atoms with van der Waals surface area (Å²) in [6, 6.07) is 9.15. The number of anilines is 1. The maximum Gasteiger partial charge on any atom is 0.257 e. The number of rotatable bonds is 9. The quantitative estimate of drug-likeness (QED) is 0.682. The number of hydrogen-bond acceptors (Lipinski definition) is 4. The van der Waals surface area contributed by atoms with Crippen molar-refractivity contribution in [3.05, 3.63) is 40.9 Å². The van der Waals surface area contributed by atoms with E-state index >= 15 is 0 Å². The SMILES string of the molecule is CCCCCCCCc1nnc(NC(=O)c2ccccc2)s1. The average molecular weight is 317 g/mol. The van der Waals surface area contributed by atoms with Gasteiger partial charge in [-0.2, -0.15) is 0 Å². The fourth-order valence-electron chi connectivity index (χ4n) is 2.22. The Kier molecular flexibility index (Phi) is 7.03. The van der Waals surface area contributed by atoms with Crippen molar-refractivity contribution >= 4 is 22.4 Å². The molecule has 4 nitrogen and oxygen atoms in total. The number of carbonyl (C=O) groups is 1. The summed E-state index contributed by atoms with van der Waals surface area (Å²) in [5.41, 5.74) is 0.634. The lowest BCUT2D eigenvalue weighted by Gasteiger charge is -2.00. The minimum absolute atomic E-state index is 0.136. The summed E-state index contributed by atoms with van der Waals surface area (Å²) in [6.45, 7) is 2.23. The summed E-state index contributed by atoms with van der Waals surface area (Å²) >= 11 is 1.47. The van der Waals surface area contributed by atoms with E-state index in [0.29, 0.717) is 10.7 Å². The third kappa shape index (κ3) is 5.56. The van der Waals surface area contributed by atoms with Gasteiger partial charge in [-0.05, 0) is 18.6 Å². The molecule has 0 fully saturated rings. The van der Waals surface area contributed by atoms with Gasteiger partial charge in [0, 0.05) is 12.0 Å². The summed E-state index contributed by atoms with van der Waals surface area (Å²) in [6.07, 6.45) is 8.56. The zero-order chi connectivity index (χ0) is 15.6. The fourth-order valence-corrected chi connectivity index (χ4v) is 3.00. The topological polar surface area (TPSA) is 54.9 Å². The number of amides is 1. The van der Waals surface area contributed by atoms with Crippen LogP contribution in [0.25, 0.3) is 0 Å². The van der Waals surface area contributed by atoms with Crippen LogP contribution in [-0.2, 0) is 6.42 Å². The van der Waals surface area contributed by atoms with Gasteiger partial charge in [0.1, 0.15) is 5.01 Å². The largest absolute Gasteiger partial charge is 0.296 e. The third-order valence-electron chi connectivity index (χ3n) is 3.47. The van der Waals surface area contributed by atoms with Crippen LogP contribution in [0.3, 0.4) is 0 Å². The number of hydrogen-bond donors (Lipinski definition) is 1. The Balaban J connectivity index is 1.73. The minimum atomic E-state index is -0.136. The highest BCUT2D eigenvalue weighted by molar-refractivity contribution is 7.15. The van der Waals surface area contributed by atoms with E-state index in [1.54, 1.807) is 12.1 Å². The molecule has 2 aromatic rings. The molecule has 0 aliphatic carbocycles. The summed E-state index contributed by atoms with van der Waals surface area (Å²) in [7, 11) is 0. The standard InChI is InChI=1S/C17H23N3OS/c1-2-3-4-5-6-10-13-15-19-20-17(22-15)18-16(21)14-11-8-7-9-12-14/h7-9,11-12H,2-6,10,13H2,1H3,(H,18,20,21). The maximum absolute atomic E-state index is 12.0. The van der Waals surface area contributed by atoms with Crippen molar-refractivity contribution in [3.63, 3.8) is 0 Å². The number of benzene rings is 1. The molecule has 0 aliphatic heterocycles. The normalized spacial score (nSPS) is 10.6. The predicted octanol–water partition coefficient (Wildman–Crippen LogP) is 4.69. The number of nitrogens with one attached hydrogen (secondary N) is 1. The van der Waals surface area contributed by atoms with E-state index in [-0.39, 0.29) is 5.91 Å². The molecule has 0 atom stereocenters. The maximum atomic E-state index is 12.0. The van der Waals surface area contributed by atoms with Gasteiger partial charge in [-0.15, -0.1) is 10.2 Å². The number of aryl methyl sites for hydroxylation is 1. The van der Waals surface area contributed by atoms with E-state index < -0.39 is 0 Å². The molecule has 1 amide bonds. The zero-order valence-corrected chi connectivity index (χ0v) is 13.9. The van der Waals surface area contributed by atoms with Crippen LogP contribution in [0.5, 0.6) is 0 Å². The first-order valence-electron chi connectivity index (χ1n) is 7.98. The first-order chi connectivity index (χ1) is 10.8. The van der Waals surface area contributed by atoms with E-state index in [2.05, 4.69) is 22.4 Å². The van der Waals surface area contributed by atoms with Crippen molar-refractivity contribution in [1.82, 2.24) is 10.2 Å². The molecule has 1 N–H and O–H groups in total. The van der Waals surface area contributed by atoms with Crippen molar-refractivity contribution in [2.75, 3.05) is 5.32 Å². The monoisotopic (exact) mass is 317 g/mol. The molecule has 0 aliphatic rings. The van der Waals surface area contributed by atoms with Crippen LogP contribution in [0.1, 0.15) is 60.8 Å². The molecule has 1 heterocycles. The highest BCUT2D eigenvalue weighted by Crippen LogP contribution is 2.18. The van der Waals surface area contributed by atoms with E-state index in [4.69, 9.17) is 0 Å². The molecule has 0 radical (unpaired) electrons. The molecule has 22 heavy (non-hydrogen) atoms. The van der Waals surface area contributed by atoms with Crippen LogP contribution < -0.4 is 5.32 Å². The van der Waals surface area contributed by atoms with Crippen LogP contribution in [0, 0.1) is 0 Å². The molecule has 1 aromatic carbocycles.